The van der Waals surface area contributed by atoms with Gasteiger partial charge in [-0.1, -0.05) is 24.3 Å². The van der Waals surface area contributed by atoms with Crippen LogP contribution in [0.25, 0.3) is 0 Å². The Bertz CT molecular complexity index is 529. The fourth-order valence-corrected chi connectivity index (χ4v) is 3.62. The van der Waals surface area contributed by atoms with E-state index in [0.717, 1.165) is 6.54 Å². The first-order chi connectivity index (χ1) is 8.84. The molecule has 0 aliphatic heterocycles. The molecule has 94 valence electrons. The Labute approximate surface area is 113 Å². The molecule has 1 aromatic heterocycles. The van der Waals surface area contributed by atoms with Crippen molar-refractivity contribution in [3.8, 4) is 0 Å². The van der Waals surface area contributed by atoms with Crippen molar-refractivity contribution in [3.05, 3.63) is 57.3 Å². The SMILES string of the molecule is Cc1ccsc1CNC1CCCc2ccccc21. The van der Waals surface area contributed by atoms with E-state index in [1.807, 2.05) is 11.3 Å². The summed E-state index contributed by atoms with van der Waals surface area (Å²) in [6.07, 6.45) is 3.81. The van der Waals surface area contributed by atoms with E-state index >= 15 is 0 Å². The first kappa shape index (κ1) is 11.9. The van der Waals surface area contributed by atoms with E-state index in [2.05, 4.69) is 48.0 Å². The number of aryl methyl sites for hydroxylation is 2. The van der Waals surface area contributed by atoms with E-state index in [1.165, 1.54) is 40.8 Å². The molecule has 1 atom stereocenters. The average Bonchev–Trinajstić information content (AvgIpc) is 2.82. The third-order valence-electron chi connectivity index (χ3n) is 3.85. The standard InChI is InChI=1S/C16H19NS/c1-12-9-10-18-16(12)11-17-15-8-4-6-13-5-2-3-7-14(13)15/h2-3,5,7,9-10,15,17H,4,6,8,11H2,1H3. The second kappa shape index (κ2) is 5.25. The van der Waals surface area contributed by atoms with Crippen molar-refractivity contribution in [1.82, 2.24) is 5.32 Å². The average molecular weight is 257 g/mol. The number of benzene rings is 1. The van der Waals surface area contributed by atoms with Crippen LogP contribution in [-0.2, 0) is 13.0 Å². The van der Waals surface area contributed by atoms with Crippen molar-refractivity contribution in [1.29, 1.82) is 0 Å². The molecule has 0 amide bonds. The highest BCUT2D eigenvalue weighted by Crippen LogP contribution is 2.30. The number of nitrogens with one attached hydrogen (secondary N) is 1. The zero-order valence-corrected chi connectivity index (χ0v) is 11.6. The molecule has 0 saturated carbocycles. The van der Waals surface area contributed by atoms with Gasteiger partial charge in [0.25, 0.3) is 0 Å². The first-order valence-electron chi connectivity index (χ1n) is 6.69. The van der Waals surface area contributed by atoms with Gasteiger partial charge < -0.3 is 5.32 Å². The highest BCUT2D eigenvalue weighted by atomic mass is 32.1. The van der Waals surface area contributed by atoms with E-state index in [9.17, 15) is 0 Å². The maximum absolute atomic E-state index is 3.73. The summed E-state index contributed by atoms with van der Waals surface area (Å²) in [5.41, 5.74) is 4.46. The number of rotatable bonds is 3. The number of fused-ring (bicyclic) bond motifs is 1. The van der Waals surface area contributed by atoms with E-state index in [4.69, 9.17) is 0 Å². The maximum Gasteiger partial charge on any atom is 0.0326 e. The molecule has 0 saturated heterocycles. The van der Waals surface area contributed by atoms with Crippen molar-refractivity contribution in [2.75, 3.05) is 0 Å². The van der Waals surface area contributed by atoms with Crippen LogP contribution < -0.4 is 5.32 Å². The van der Waals surface area contributed by atoms with Crippen LogP contribution in [0, 0.1) is 6.92 Å². The minimum Gasteiger partial charge on any atom is -0.305 e. The normalized spacial score (nSPS) is 18.6. The summed E-state index contributed by atoms with van der Waals surface area (Å²) in [4.78, 5) is 1.47. The molecule has 2 aromatic rings. The Hall–Kier alpha value is -1.12. The minimum atomic E-state index is 0.538. The molecule has 1 unspecified atom stereocenters. The second-order valence-electron chi connectivity index (χ2n) is 5.05. The molecule has 1 nitrogen and oxygen atoms in total. The Balaban J connectivity index is 1.73. The van der Waals surface area contributed by atoms with E-state index in [1.54, 1.807) is 0 Å². The fourth-order valence-electron chi connectivity index (χ4n) is 2.77. The maximum atomic E-state index is 3.73. The van der Waals surface area contributed by atoms with Gasteiger partial charge in [0.1, 0.15) is 0 Å². The third kappa shape index (κ3) is 2.36. The summed E-state index contributed by atoms with van der Waals surface area (Å²) in [5, 5.41) is 5.91. The predicted molar refractivity (Wildman–Crippen MR) is 78.0 cm³/mol. The molecule has 0 radical (unpaired) electrons. The van der Waals surface area contributed by atoms with Crippen molar-refractivity contribution in [2.24, 2.45) is 0 Å². The summed E-state index contributed by atoms with van der Waals surface area (Å²) in [6, 6.07) is 11.6. The van der Waals surface area contributed by atoms with Crippen LogP contribution in [0.1, 0.15) is 40.5 Å². The Morgan fingerprint density at radius 3 is 3.00 bits per heavy atom. The lowest BCUT2D eigenvalue weighted by atomic mass is 9.88. The Morgan fingerprint density at radius 2 is 2.17 bits per heavy atom. The van der Waals surface area contributed by atoms with Crippen LogP contribution in [0.2, 0.25) is 0 Å². The number of thiophene rings is 1. The monoisotopic (exact) mass is 257 g/mol. The van der Waals surface area contributed by atoms with Gasteiger partial charge in [-0.25, -0.2) is 0 Å². The molecule has 1 aromatic carbocycles. The molecule has 1 heterocycles. The quantitative estimate of drug-likeness (QED) is 0.868. The smallest absolute Gasteiger partial charge is 0.0326 e. The zero-order valence-electron chi connectivity index (χ0n) is 10.8. The van der Waals surface area contributed by atoms with Gasteiger partial charge in [-0.2, -0.15) is 0 Å². The van der Waals surface area contributed by atoms with Crippen LogP contribution in [-0.4, -0.2) is 0 Å². The first-order valence-corrected chi connectivity index (χ1v) is 7.57. The molecule has 1 aliphatic carbocycles. The van der Waals surface area contributed by atoms with Crippen molar-refractivity contribution in [3.63, 3.8) is 0 Å². The Kier molecular flexibility index (Phi) is 3.48. The van der Waals surface area contributed by atoms with E-state index < -0.39 is 0 Å². The van der Waals surface area contributed by atoms with Crippen LogP contribution in [0.4, 0.5) is 0 Å². The van der Waals surface area contributed by atoms with Crippen LogP contribution in [0.5, 0.6) is 0 Å². The second-order valence-corrected chi connectivity index (χ2v) is 6.05. The molecule has 0 bridgehead atoms. The topological polar surface area (TPSA) is 12.0 Å². The minimum absolute atomic E-state index is 0.538. The van der Waals surface area contributed by atoms with Gasteiger partial charge in [-0.05, 0) is 54.3 Å². The highest BCUT2D eigenvalue weighted by Gasteiger charge is 2.19. The summed E-state index contributed by atoms with van der Waals surface area (Å²) in [6.45, 7) is 3.20. The van der Waals surface area contributed by atoms with Crippen molar-refractivity contribution in [2.45, 2.75) is 38.8 Å². The van der Waals surface area contributed by atoms with Crippen LogP contribution >= 0.6 is 11.3 Å². The highest BCUT2D eigenvalue weighted by molar-refractivity contribution is 7.10. The van der Waals surface area contributed by atoms with E-state index in [0.29, 0.717) is 6.04 Å². The largest absolute Gasteiger partial charge is 0.305 e. The lowest BCUT2D eigenvalue weighted by molar-refractivity contribution is 0.460. The van der Waals surface area contributed by atoms with Crippen LogP contribution in [0.3, 0.4) is 0 Å². The number of hydrogen-bond acceptors (Lipinski definition) is 2. The molecule has 0 spiro atoms. The van der Waals surface area contributed by atoms with E-state index in [-0.39, 0.29) is 0 Å². The summed E-state index contributed by atoms with van der Waals surface area (Å²) < 4.78 is 0. The molecule has 18 heavy (non-hydrogen) atoms. The molecular weight excluding hydrogens is 238 g/mol. The summed E-state index contributed by atoms with van der Waals surface area (Å²) >= 11 is 1.86. The van der Waals surface area contributed by atoms with Crippen LogP contribution in [0.15, 0.2) is 35.7 Å². The summed E-state index contributed by atoms with van der Waals surface area (Å²) in [7, 11) is 0. The predicted octanol–water partition coefficient (Wildman–Crippen LogP) is 4.22. The zero-order chi connectivity index (χ0) is 12.4. The Morgan fingerprint density at radius 1 is 1.28 bits per heavy atom. The van der Waals surface area contributed by atoms with Gasteiger partial charge in [0, 0.05) is 17.5 Å². The molecule has 0 fully saturated rings. The van der Waals surface area contributed by atoms with Crippen molar-refractivity contribution >= 4 is 11.3 Å². The molecular formula is C16H19NS. The van der Waals surface area contributed by atoms with Gasteiger partial charge in [0.2, 0.25) is 0 Å². The van der Waals surface area contributed by atoms with Gasteiger partial charge in [0.05, 0.1) is 0 Å². The summed E-state index contributed by atoms with van der Waals surface area (Å²) in [5.74, 6) is 0. The van der Waals surface area contributed by atoms with Gasteiger partial charge >= 0.3 is 0 Å². The van der Waals surface area contributed by atoms with Gasteiger partial charge in [-0.15, -0.1) is 11.3 Å². The number of hydrogen-bond donors (Lipinski definition) is 1. The molecule has 1 aliphatic rings. The third-order valence-corrected chi connectivity index (χ3v) is 4.87. The lowest BCUT2D eigenvalue weighted by Crippen LogP contribution is -2.24. The molecule has 3 rings (SSSR count). The van der Waals surface area contributed by atoms with Gasteiger partial charge in [-0.3, -0.25) is 0 Å². The molecule has 1 N–H and O–H groups in total. The van der Waals surface area contributed by atoms with Gasteiger partial charge in [0.15, 0.2) is 0 Å². The lowest BCUT2D eigenvalue weighted by Gasteiger charge is -2.26. The fraction of sp³-hybridized carbons (Fsp3) is 0.375. The van der Waals surface area contributed by atoms with Crippen molar-refractivity contribution < 1.29 is 0 Å². The molecule has 2 heteroatoms.